The first-order valence-corrected chi connectivity index (χ1v) is 7.51. The number of aromatic nitrogens is 1. The molecule has 1 N–H and O–H groups in total. The van der Waals surface area contributed by atoms with Crippen molar-refractivity contribution in [1.82, 2.24) is 10.3 Å². The van der Waals surface area contributed by atoms with Crippen LogP contribution in [0.2, 0.25) is 0 Å². The van der Waals surface area contributed by atoms with Crippen LogP contribution >= 0.6 is 0 Å². The third kappa shape index (κ3) is 4.41. The van der Waals surface area contributed by atoms with Gasteiger partial charge in [-0.15, -0.1) is 0 Å². The van der Waals surface area contributed by atoms with Gasteiger partial charge < -0.3 is 5.32 Å². The fourth-order valence-electron chi connectivity index (χ4n) is 2.65. The van der Waals surface area contributed by atoms with E-state index in [1.807, 2.05) is 12.3 Å². The summed E-state index contributed by atoms with van der Waals surface area (Å²) >= 11 is 0. The molecule has 2 heteroatoms. The molecule has 1 atom stereocenters. The van der Waals surface area contributed by atoms with E-state index in [1.54, 1.807) is 0 Å². The SMILES string of the molecule is CCCNC(CCc1ccccn1)CC1CCC1. The number of rotatable bonds is 8. The van der Waals surface area contributed by atoms with Gasteiger partial charge >= 0.3 is 0 Å². The van der Waals surface area contributed by atoms with Crippen molar-refractivity contribution in [3.8, 4) is 0 Å². The highest BCUT2D eigenvalue weighted by Crippen LogP contribution is 2.31. The number of nitrogens with zero attached hydrogens (tertiary/aromatic N) is 1. The molecule has 1 saturated carbocycles. The lowest BCUT2D eigenvalue weighted by molar-refractivity contribution is 0.254. The van der Waals surface area contributed by atoms with Crippen molar-refractivity contribution in [2.24, 2.45) is 5.92 Å². The zero-order valence-corrected chi connectivity index (χ0v) is 11.6. The van der Waals surface area contributed by atoms with Gasteiger partial charge in [0.05, 0.1) is 0 Å². The first-order chi connectivity index (χ1) is 8.88. The van der Waals surface area contributed by atoms with Crippen LogP contribution in [-0.2, 0) is 6.42 Å². The van der Waals surface area contributed by atoms with Crippen LogP contribution in [0.5, 0.6) is 0 Å². The van der Waals surface area contributed by atoms with Gasteiger partial charge in [-0.05, 0) is 50.3 Å². The number of pyridine rings is 1. The van der Waals surface area contributed by atoms with Gasteiger partial charge in [0.15, 0.2) is 0 Å². The molecule has 0 bridgehead atoms. The Morgan fingerprint density at radius 1 is 1.39 bits per heavy atom. The van der Waals surface area contributed by atoms with E-state index in [0.717, 1.165) is 18.9 Å². The number of hydrogen-bond donors (Lipinski definition) is 1. The zero-order chi connectivity index (χ0) is 12.6. The van der Waals surface area contributed by atoms with E-state index in [1.165, 1.54) is 44.2 Å². The molecule has 1 aromatic heterocycles. The van der Waals surface area contributed by atoms with Crippen molar-refractivity contribution in [2.75, 3.05) is 6.54 Å². The quantitative estimate of drug-likeness (QED) is 0.758. The lowest BCUT2D eigenvalue weighted by Gasteiger charge is -2.30. The Hall–Kier alpha value is -0.890. The highest BCUT2D eigenvalue weighted by atomic mass is 14.9. The van der Waals surface area contributed by atoms with Gasteiger partial charge in [-0.25, -0.2) is 0 Å². The molecule has 0 amide bonds. The molecular weight excluding hydrogens is 220 g/mol. The van der Waals surface area contributed by atoms with Crippen LogP contribution in [0.15, 0.2) is 24.4 Å². The molecule has 1 heterocycles. The third-order valence-corrected chi connectivity index (χ3v) is 4.00. The smallest absolute Gasteiger partial charge is 0.0404 e. The van der Waals surface area contributed by atoms with Crippen molar-refractivity contribution >= 4 is 0 Å². The first kappa shape index (κ1) is 13.5. The van der Waals surface area contributed by atoms with Gasteiger partial charge in [0.1, 0.15) is 0 Å². The first-order valence-electron chi connectivity index (χ1n) is 7.51. The van der Waals surface area contributed by atoms with Crippen molar-refractivity contribution in [3.63, 3.8) is 0 Å². The van der Waals surface area contributed by atoms with E-state index in [2.05, 4.69) is 29.4 Å². The summed E-state index contributed by atoms with van der Waals surface area (Å²) in [5.41, 5.74) is 1.23. The van der Waals surface area contributed by atoms with E-state index < -0.39 is 0 Å². The van der Waals surface area contributed by atoms with E-state index in [4.69, 9.17) is 0 Å². The maximum absolute atomic E-state index is 4.42. The number of aryl methyl sites for hydroxylation is 1. The van der Waals surface area contributed by atoms with Crippen molar-refractivity contribution in [3.05, 3.63) is 30.1 Å². The summed E-state index contributed by atoms with van der Waals surface area (Å²) in [6.45, 7) is 3.39. The maximum Gasteiger partial charge on any atom is 0.0404 e. The summed E-state index contributed by atoms with van der Waals surface area (Å²) in [7, 11) is 0. The molecule has 1 aromatic rings. The van der Waals surface area contributed by atoms with Crippen LogP contribution in [0.3, 0.4) is 0 Å². The zero-order valence-electron chi connectivity index (χ0n) is 11.6. The van der Waals surface area contributed by atoms with Gasteiger partial charge in [0.2, 0.25) is 0 Å². The molecule has 0 aromatic carbocycles. The van der Waals surface area contributed by atoms with E-state index in [0.29, 0.717) is 6.04 Å². The molecule has 1 aliphatic carbocycles. The third-order valence-electron chi connectivity index (χ3n) is 4.00. The Morgan fingerprint density at radius 3 is 2.89 bits per heavy atom. The minimum Gasteiger partial charge on any atom is -0.314 e. The van der Waals surface area contributed by atoms with Gasteiger partial charge in [0.25, 0.3) is 0 Å². The largest absolute Gasteiger partial charge is 0.314 e. The molecule has 0 aliphatic heterocycles. The Kier molecular flexibility index (Phi) is 5.66. The summed E-state index contributed by atoms with van der Waals surface area (Å²) < 4.78 is 0. The molecule has 0 spiro atoms. The fraction of sp³-hybridized carbons (Fsp3) is 0.688. The van der Waals surface area contributed by atoms with Gasteiger partial charge in [0, 0.05) is 17.9 Å². The number of nitrogens with one attached hydrogen (secondary N) is 1. The second-order valence-corrected chi connectivity index (χ2v) is 5.54. The van der Waals surface area contributed by atoms with Crippen LogP contribution in [-0.4, -0.2) is 17.6 Å². The van der Waals surface area contributed by atoms with Crippen LogP contribution in [0.1, 0.15) is 51.1 Å². The van der Waals surface area contributed by atoms with Crippen LogP contribution in [0, 0.1) is 5.92 Å². The molecule has 100 valence electrons. The molecule has 18 heavy (non-hydrogen) atoms. The van der Waals surface area contributed by atoms with Gasteiger partial charge in [-0.3, -0.25) is 4.98 Å². The second kappa shape index (κ2) is 7.52. The van der Waals surface area contributed by atoms with E-state index >= 15 is 0 Å². The predicted octanol–water partition coefficient (Wildman–Crippen LogP) is 3.57. The lowest BCUT2D eigenvalue weighted by Crippen LogP contribution is -2.33. The van der Waals surface area contributed by atoms with Crippen LogP contribution in [0.4, 0.5) is 0 Å². The minimum absolute atomic E-state index is 0.692. The standard InChI is InChI=1S/C16H26N2/c1-2-11-17-16(13-14-6-5-7-14)10-9-15-8-3-4-12-18-15/h3-4,8,12,14,16-17H,2,5-7,9-11,13H2,1H3. The van der Waals surface area contributed by atoms with Gasteiger partial charge in [-0.1, -0.05) is 32.3 Å². The molecule has 1 unspecified atom stereocenters. The average Bonchev–Trinajstić information content (AvgIpc) is 2.37. The summed E-state index contributed by atoms with van der Waals surface area (Å²) in [5, 5.41) is 3.71. The maximum atomic E-state index is 4.42. The summed E-state index contributed by atoms with van der Waals surface area (Å²) in [5.74, 6) is 0.989. The molecule has 1 aliphatic rings. The topological polar surface area (TPSA) is 24.9 Å². The minimum atomic E-state index is 0.692. The molecule has 1 fully saturated rings. The van der Waals surface area contributed by atoms with Crippen molar-refractivity contribution in [1.29, 1.82) is 0 Å². The molecule has 2 rings (SSSR count). The predicted molar refractivity (Wildman–Crippen MR) is 76.6 cm³/mol. The Labute approximate surface area is 111 Å². The summed E-state index contributed by atoms with van der Waals surface area (Å²) in [6, 6.07) is 6.91. The molecular formula is C16H26N2. The fourth-order valence-corrected chi connectivity index (χ4v) is 2.65. The van der Waals surface area contributed by atoms with E-state index in [9.17, 15) is 0 Å². The monoisotopic (exact) mass is 246 g/mol. The van der Waals surface area contributed by atoms with Crippen molar-refractivity contribution < 1.29 is 0 Å². The lowest BCUT2D eigenvalue weighted by atomic mass is 9.80. The van der Waals surface area contributed by atoms with E-state index in [-0.39, 0.29) is 0 Å². The summed E-state index contributed by atoms with van der Waals surface area (Å²) in [6.07, 6.45) is 11.2. The van der Waals surface area contributed by atoms with Crippen LogP contribution in [0.25, 0.3) is 0 Å². The highest BCUT2D eigenvalue weighted by Gasteiger charge is 2.21. The molecule has 0 radical (unpaired) electrons. The molecule has 2 nitrogen and oxygen atoms in total. The molecule has 0 saturated heterocycles. The van der Waals surface area contributed by atoms with Gasteiger partial charge in [-0.2, -0.15) is 0 Å². The van der Waals surface area contributed by atoms with Crippen molar-refractivity contribution in [2.45, 2.75) is 57.9 Å². The normalized spacial score (nSPS) is 17.4. The van der Waals surface area contributed by atoms with Crippen LogP contribution < -0.4 is 5.32 Å². The average molecular weight is 246 g/mol. The highest BCUT2D eigenvalue weighted by molar-refractivity contribution is 5.03. The Bertz CT molecular complexity index is 319. The summed E-state index contributed by atoms with van der Waals surface area (Å²) in [4.78, 5) is 4.42. The Morgan fingerprint density at radius 2 is 2.28 bits per heavy atom. The number of hydrogen-bond acceptors (Lipinski definition) is 2. The second-order valence-electron chi connectivity index (χ2n) is 5.54. The Balaban J connectivity index is 1.76.